The summed E-state index contributed by atoms with van der Waals surface area (Å²) in [5.41, 5.74) is 4.01. The first-order valence-corrected chi connectivity index (χ1v) is 12.2. The average molecular weight is 471 g/mol. The van der Waals surface area contributed by atoms with Gasteiger partial charge < -0.3 is 5.32 Å². The van der Waals surface area contributed by atoms with Crippen LogP contribution in [0.25, 0.3) is 0 Å². The molecule has 5 nitrogen and oxygen atoms in total. The van der Waals surface area contributed by atoms with Crippen molar-refractivity contribution < 1.29 is 13.2 Å². The van der Waals surface area contributed by atoms with Crippen molar-refractivity contribution in [1.82, 2.24) is 10.0 Å². The van der Waals surface area contributed by atoms with Crippen molar-refractivity contribution in [2.75, 3.05) is 0 Å². The maximum absolute atomic E-state index is 13.3. The lowest BCUT2D eigenvalue weighted by molar-refractivity contribution is -0.122. The van der Waals surface area contributed by atoms with Crippen molar-refractivity contribution in [2.45, 2.75) is 44.7 Å². The molecule has 0 radical (unpaired) electrons. The van der Waals surface area contributed by atoms with Gasteiger partial charge in [-0.3, -0.25) is 4.79 Å². The highest BCUT2D eigenvalue weighted by Crippen LogP contribution is 2.22. The molecule has 7 heteroatoms. The zero-order valence-corrected chi connectivity index (χ0v) is 19.9. The van der Waals surface area contributed by atoms with Crippen molar-refractivity contribution in [3.63, 3.8) is 0 Å². The molecule has 0 bridgehead atoms. The van der Waals surface area contributed by atoms with Crippen LogP contribution in [0.15, 0.2) is 71.6 Å². The fourth-order valence-corrected chi connectivity index (χ4v) is 5.56. The topological polar surface area (TPSA) is 75.3 Å². The lowest BCUT2D eigenvalue weighted by Gasteiger charge is -2.21. The molecule has 3 rings (SSSR count). The first kappa shape index (κ1) is 24.0. The zero-order valence-electron chi connectivity index (χ0n) is 18.4. The van der Waals surface area contributed by atoms with Crippen LogP contribution in [0.1, 0.15) is 27.8 Å². The maximum atomic E-state index is 13.3. The van der Waals surface area contributed by atoms with Gasteiger partial charge in [0.2, 0.25) is 15.9 Å². The molecule has 0 fully saturated rings. The summed E-state index contributed by atoms with van der Waals surface area (Å²) in [6.45, 7) is 5.72. The minimum atomic E-state index is -3.92. The Bertz CT molecular complexity index is 1170. The molecule has 2 N–H and O–H groups in total. The molecule has 0 aromatic heterocycles. The Morgan fingerprint density at radius 2 is 1.50 bits per heavy atom. The van der Waals surface area contributed by atoms with Gasteiger partial charge >= 0.3 is 0 Å². The van der Waals surface area contributed by atoms with E-state index in [0.29, 0.717) is 16.1 Å². The second-order valence-electron chi connectivity index (χ2n) is 7.94. The van der Waals surface area contributed by atoms with Gasteiger partial charge in [0, 0.05) is 11.6 Å². The van der Waals surface area contributed by atoms with Gasteiger partial charge in [0.15, 0.2) is 0 Å². The maximum Gasteiger partial charge on any atom is 0.241 e. The molecule has 0 saturated carbocycles. The monoisotopic (exact) mass is 470 g/mol. The van der Waals surface area contributed by atoms with E-state index < -0.39 is 22.0 Å². The molecule has 168 valence electrons. The van der Waals surface area contributed by atoms with Gasteiger partial charge in [0.05, 0.1) is 4.90 Å². The van der Waals surface area contributed by atoms with E-state index in [0.717, 1.165) is 16.7 Å². The smallest absolute Gasteiger partial charge is 0.241 e. The Morgan fingerprint density at radius 1 is 0.906 bits per heavy atom. The van der Waals surface area contributed by atoms with Crippen LogP contribution >= 0.6 is 11.6 Å². The highest BCUT2D eigenvalue weighted by molar-refractivity contribution is 7.89. The first-order chi connectivity index (χ1) is 15.2. The van der Waals surface area contributed by atoms with E-state index in [9.17, 15) is 13.2 Å². The number of halogens is 1. The number of benzene rings is 3. The SMILES string of the molecule is Cc1cc(C)c(S(=O)(=O)N[C@@H](Cc2ccccc2)C(=O)NCc2ccc(Cl)cc2)c(C)c1. The first-order valence-electron chi connectivity index (χ1n) is 10.3. The number of hydrogen-bond donors (Lipinski definition) is 2. The van der Waals surface area contributed by atoms with Gasteiger partial charge in [-0.2, -0.15) is 4.72 Å². The van der Waals surface area contributed by atoms with E-state index in [4.69, 9.17) is 11.6 Å². The third-order valence-corrected chi connectivity index (χ3v) is 7.18. The molecule has 1 atom stereocenters. The lowest BCUT2D eigenvalue weighted by Crippen LogP contribution is -2.48. The standard InChI is InChI=1S/C25H27ClN2O3S/c1-17-13-18(2)24(19(3)14-17)32(30,31)28-23(15-20-7-5-4-6-8-20)25(29)27-16-21-9-11-22(26)12-10-21/h4-14,23,28H,15-16H2,1-3H3,(H,27,29)/t23-/m0/s1. The normalized spacial score (nSPS) is 12.4. The van der Waals surface area contributed by atoms with Gasteiger partial charge in [-0.15, -0.1) is 0 Å². The summed E-state index contributed by atoms with van der Waals surface area (Å²) < 4.78 is 29.2. The molecule has 0 aliphatic carbocycles. The molecule has 1 amide bonds. The molecular formula is C25H27ClN2O3S. The molecule has 0 aliphatic heterocycles. The Hall–Kier alpha value is -2.67. The highest BCUT2D eigenvalue weighted by Gasteiger charge is 2.28. The lowest BCUT2D eigenvalue weighted by atomic mass is 10.1. The molecule has 0 aliphatic rings. The second kappa shape index (κ2) is 10.3. The Balaban J connectivity index is 1.85. The molecule has 0 heterocycles. The molecular weight excluding hydrogens is 444 g/mol. The van der Waals surface area contributed by atoms with E-state index in [2.05, 4.69) is 10.0 Å². The largest absolute Gasteiger partial charge is 0.351 e. The van der Waals surface area contributed by atoms with E-state index in [1.807, 2.05) is 61.5 Å². The summed E-state index contributed by atoms with van der Waals surface area (Å²) in [5.74, 6) is -0.394. The fourth-order valence-electron chi connectivity index (χ4n) is 3.79. The fraction of sp³-hybridized carbons (Fsp3) is 0.240. The van der Waals surface area contributed by atoms with E-state index in [1.54, 1.807) is 26.0 Å². The van der Waals surface area contributed by atoms with Crippen molar-refractivity contribution in [3.8, 4) is 0 Å². The van der Waals surface area contributed by atoms with Crippen LogP contribution in [0.3, 0.4) is 0 Å². The second-order valence-corrected chi connectivity index (χ2v) is 10.0. The van der Waals surface area contributed by atoms with Gasteiger partial charge in [-0.1, -0.05) is 71.8 Å². The predicted molar refractivity (Wildman–Crippen MR) is 128 cm³/mol. The number of rotatable bonds is 8. The summed E-state index contributed by atoms with van der Waals surface area (Å²) in [6, 6.07) is 19.2. The Labute approximate surface area is 194 Å². The van der Waals surface area contributed by atoms with Crippen LogP contribution in [0.5, 0.6) is 0 Å². The Morgan fingerprint density at radius 3 is 2.09 bits per heavy atom. The quantitative estimate of drug-likeness (QED) is 0.510. The molecule has 32 heavy (non-hydrogen) atoms. The zero-order chi connectivity index (χ0) is 23.3. The van der Waals surface area contributed by atoms with Crippen LogP contribution in [-0.2, 0) is 27.8 Å². The average Bonchev–Trinajstić information content (AvgIpc) is 2.72. The van der Waals surface area contributed by atoms with Gasteiger partial charge in [0.25, 0.3) is 0 Å². The van der Waals surface area contributed by atoms with E-state index in [1.165, 1.54) is 0 Å². The number of carbonyl (C=O) groups is 1. The van der Waals surface area contributed by atoms with Crippen LogP contribution < -0.4 is 10.0 Å². The third kappa shape index (κ3) is 6.19. The molecule has 0 saturated heterocycles. The van der Waals surface area contributed by atoms with Crippen LogP contribution in [-0.4, -0.2) is 20.4 Å². The summed E-state index contributed by atoms with van der Waals surface area (Å²) in [7, 11) is -3.92. The minimum absolute atomic E-state index is 0.215. The van der Waals surface area contributed by atoms with Crippen molar-refractivity contribution in [3.05, 3.63) is 99.6 Å². The molecule has 3 aromatic rings. The summed E-state index contributed by atoms with van der Waals surface area (Å²) >= 11 is 5.92. The molecule has 0 unspecified atom stereocenters. The van der Waals surface area contributed by atoms with Crippen molar-refractivity contribution in [2.24, 2.45) is 0 Å². The Kier molecular flexibility index (Phi) is 7.72. The van der Waals surface area contributed by atoms with Gasteiger partial charge in [0.1, 0.15) is 6.04 Å². The predicted octanol–water partition coefficient (Wildman–Crippen LogP) is 4.47. The third-order valence-electron chi connectivity index (χ3n) is 5.15. The number of hydrogen-bond acceptors (Lipinski definition) is 3. The van der Waals surface area contributed by atoms with Gasteiger partial charge in [-0.25, -0.2) is 8.42 Å². The number of carbonyl (C=O) groups excluding carboxylic acids is 1. The summed E-state index contributed by atoms with van der Waals surface area (Å²) in [4.78, 5) is 13.3. The molecule has 0 spiro atoms. The van der Waals surface area contributed by atoms with Crippen molar-refractivity contribution in [1.29, 1.82) is 0 Å². The number of sulfonamides is 1. The van der Waals surface area contributed by atoms with Crippen LogP contribution in [0.2, 0.25) is 5.02 Å². The minimum Gasteiger partial charge on any atom is -0.351 e. The van der Waals surface area contributed by atoms with Crippen molar-refractivity contribution >= 4 is 27.5 Å². The van der Waals surface area contributed by atoms with Gasteiger partial charge in [-0.05, 0) is 61.6 Å². The number of aryl methyl sites for hydroxylation is 3. The summed E-state index contributed by atoms with van der Waals surface area (Å²) in [5, 5.41) is 3.45. The van der Waals surface area contributed by atoms with Crippen LogP contribution in [0.4, 0.5) is 0 Å². The molecule has 3 aromatic carbocycles. The number of nitrogens with one attached hydrogen (secondary N) is 2. The number of amides is 1. The van der Waals surface area contributed by atoms with Crippen LogP contribution in [0, 0.1) is 20.8 Å². The van der Waals surface area contributed by atoms with E-state index in [-0.39, 0.29) is 17.9 Å². The summed E-state index contributed by atoms with van der Waals surface area (Å²) in [6.07, 6.45) is 0.233. The van der Waals surface area contributed by atoms with E-state index >= 15 is 0 Å². The highest BCUT2D eigenvalue weighted by atomic mass is 35.5.